The van der Waals surface area contributed by atoms with Crippen LogP contribution in [0.4, 0.5) is 0 Å². The van der Waals surface area contributed by atoms with E-state index in [4.69, 9.17) is 9.84 Å². The Bertz CT molecular complexity index is 969. The van der Waals surface area contributed by atoms with Gasteiger partial charge in [0.15, 0.2) is 0 Å². The second kappa shape index (κ2) is 15.6. The first-order chi connectivity index (χ1) is 17.6. The lowest BCUT2D eigenvalue weighted by atomic mass is 9.70. The summed E-state index contributed by atoms with van der Waals surface area (Å²) in [5.41, 5.74) is 3.85. The molecule has 1 unspecified atom stereocenters. The molecule has 206 valence electrons. The Hall–Kier alpha value is -2.63. The standard InChI is InChI=1S/C30H42O5.C2H6/c1-6-29(34,7-2)19-18-23-10-11-25(20-22(23)5)30(8-3,9-4)24-12-15-27(16-13-24)35-21-26(31)14-17-28(32)33;1-2/h10-13,15-16,18-20,26,31,34H,6-9,14,17,21H2,1-5H3,(H,32,33);1-2H3/b19-18+;. The number of benzene rings is 2. The minimum atomic E-state index is -0.924. The molecular weight excluding hydrogens is 464 g/mol. The minimum absolute atomic E-state index is 0.0681. The van der Waals surface area contributed by atoms with E-state index in [1.807, 2.05) is 52.0 Å². The van der Waals surface area contributed by atoms with E-state index in [0.29, 0.717) is 18.6 Å². The number of hydrogen-bond acceptors (Lipinski definition) is 4. The van der Waals surface area contributed by atoms with Gasteiger partial charge in [0.2, 0.25) is 0 Å². The van der Waals surface area contributed by atoms with Gasteiger partial charge < -0.3 is 20.1 Å². The molecule has 37 heavy (non-hydrogen) atoms. The third kappa shape index (κ3) is 9.01. The Morgan fingerprint density at radius 3 is 2.00 bits per heavy atom. The molecule has 2 aromatic carbocycles. The van der Waals surface area contributed by atoms with E-state index in [2.05, 4.69) is 51.1 Å². The van der Waals surface area contributed by atoms with Crippen LogP contribution in [0.3, 0.4) is 0 Å². The molecule has 2 aromatic rings. The van der Waals surface area contributed by atoms with Crippen molar-refractivity contribution in [1.82, 2.24) is 0 Å². The molecule has 0 fully saturated rings. The van der Waals surface area contributed by atoms with E-state index in [1.54, 1.807) is 0 Å². The minimum Gasteiger partial charge on any atom is -0.491 e. The number of ether oxygens (including phenoxy) is 1. The lowest BCUT2D eigenvalue weighted by Crippen LogP contribution is -2.26. The van der Waals surface area contributed by atoms with Crippen molar-refractivity contribution in [3.63, 3.8) is 0 Å². The summed E-state index contributed by atoms with van der Waals surface area (Å²) in [7, 11) is 0. The van der Waals surface area contributed by atoms with Gasteiger partial charge in [-0.05, 0) is 73.4 Å². The van der Waals surface area contributed by atoms with Gasteiger partial charge in [0, 0.05) is 11.8 Å². The maximum absolute atomic E-state index is 10.7. The number of aryl methyl sites for hydroxylation is 1. The number of rotatable bonds is 14. The van der Waals surface area contributed by atoms with E-state index in [1.165, 1.54) is 16.7 Å². The van der Waals surface area contributed by atoms with Crippen LogP contribution >= 0.6 is 0 Å². The summed E-state index contributed by atoms with van der Waals surface area (Å²) in [5, 5.41) is 29.3. The van der Waals surface area contributed by atoms with Crippen LogP contribution in [-0.2, 0) is 10.2 Å². The van der Waals surface area contributed by atoms with E-state index >= 15 is 0 Å². The lowest BCUT2D eigenvalue weighted by molar-refractivity contribution is -0.137. The number of aliphatic carboxylic acids is 1. The maximum Gasteiger partial charge on any atom is 0.303 e. The summed E-state index contributed by atoms with van der Waals surface area (Å²) in [6.07, 6.45) is 6.49. The molecule has 5 heteroatoms. The first-order valence-corrected chi connectivity index (χ1v) is 13.8. The molecule has 0 aliphatic heterocycles. The third-order valence-electron chi connectivity index (χ3n) is 7.37. The summed E-state index contributed by atoms with van der Waals surface area (Å²) >= 11 is 0. The Morgan fingerprint density at radius 2 is 1.51 bits per heavy atom. The fraction of sp³-hybridized carbons (Fsp3) is 0.531. The fourth-order valence-electron chi connectivity index (χ4n) is 4.56. The molecule has 3 N–H and O–H groups in total. The molecule has 0 amide bonds. The highest BCUT2D eigenvalue weighted by Gasteiger charge is 2.31. The van der Waals surface area contributed by atoms with Crippen molar-refractivity contribution in [3.8, 4) is 5.75 Å². The average Bonchev–Trinajstić information content (AvgIpc) is 2.92. The van der Waals surface area contributed by atoms with Gasteiger partial charge in [-0.25, -0.2) is 0 Å². The zero-order chi connectivity index (χ0) is 28.1. The SMILES string of the molecule is CC.CCC(O)(/C=C/c1ccc(C(CC)(CC)c2ccc(OCC(O)CCC(=O)O)cc2)cc1C)CC. The molecule has 2 rings (SSSR count). The third-order valence-corrected chi connectivity index (χ3v) is 7.37. The van der Waals surface area contributed by atoms with Gasteiger partial charge >= 0.3 is 5.97 Å². The zero-order valence-corrected chi connectivity index (χ0v) is 23.9. The molecule has 0 aliphatic carbocycles. The predicted octanol–water partition coefficient (Wildman–Crippen LogP) is 7.30. The molecule has 0 spiro atoms. The first kappa shape index (κ1) is 32.4. The van der Waals surface area contributed by atoms with Gasteiger partial charge in [0.05, 0.1) is 11.7 Å². The Kier molecular flexibility index (Phi) is 13.6. The van der Waals surface area contributed by atoms with Gasteiger partial charge in [-0.3, -0.25) is 4.79 Å². The number of hydrogen-bond donors (Lipinski definition) is 3. The summed E-state index contributed by atoms with van der Waals surface area (Å²) in [5.74, 6) is -0.271. The van der Waals surface area contributed by atoms with Gasteiger partial charge in [-0.1, -0.05) is 84.0 Å². The Labute approximate surface area is 224 Å². The topological polar surface area (TPSA) is 87.0 Å². The number of carboxylic acid groups (broad SMARTS) is 1. The van der Waals surface area contributed by atoms with Gasteiger partial charge in [0.1, 0.15) is 12.4 Å². The van der Waals surface area contributed by atoms with Crippen LogP contribution < -0.4 is 4.74 Å². The Morgan fingerprint density at radius 1 is 0.946 bits per heavy atom. The summed E-state index contributed by atoms with van der Waals surface area (Å²) in [6, 6.07) is 14.6. The van der Waals surface area contributed by atoms with E-state index in [9.17, 15) is 15.0 Å². The smallest absolute Gasteiger partial charge is 0.303 e. The monoisotopic (exact) mass is 512 g/mol. The predicted molar refractivity (Wildman–Crippen MR) is 153 cm³/mol. The van der Waals surface area contributed by atoms with Crippen LogP contribution in [0.25, 0.3) is 6.08 Å². The molecule has 5 nitrogen and oxygen atoms in total. The van der Waals surface area contributed by atoms with Crippen molar-refractivity contribution in [3.05, 3.63) is 70.8 Å². The molecule has 0 aromatic heterocycles. The van der Waals surface area contributed by atoms with Crippen molar-refractivity contribution in [2.24, 2.45) is 0 Å². The average molecular weight is 513 g/mol. The van der Waals surface area contributed by atoms with Crippen LogP contribution in [0, 0.1) is 6.92 Å². The van der Waals surface area contributed by atoms with E-state index < -0.39 is 17.7 Å². The fourth-order valence-corrected chi connectivity index (χ4v) is 4.56. The van der Waals surface area contributed by atoms with Crippen LogP contribution in [0.15, 0.2) is 48.5 Å². The summed E-state index contributed by atoms with van der Waals surface area (Å²) in [6.45, 7) is 14.6. The van der Waals surface area contributed by atoms with Gasteiger partial charge in [-0.2, -0.15) is 0 Å². The van der Waals surface area contributed by atoms with E-state index in [-0.39, 0.29) is 24.9 Å². The number of aliphatic hydroxyl groups is 2. The molecule has 0 saturated carbocycles. The lowest BCUT2D eigenvalue weighted by Gasteiger charge is -2.34. The molecule has 0 aliphatic rings. The van der Waals surface area contributed by atoms with Gasteiger partial charge in [-0.15, -0.1) is 0 Å². The van der Waals surface area contributed by atoms with E-state index in [0.717, 1.165) is 18.4 Å². The number of carbonyl (C=O) groups is 1. The summed E-state index contributed by atoms with van der Waals surface area (Å²) < 4.78 is 5.68. The van der Waals surface area contributed by atoms with Crippen LogP contribution in [0.2, 0.25) is 0 Å². The summed E-state index contributed by atoms with van der Waals surface area (Å²) in [4.78, 5) is 10.7. The largest absolute Gasteiger partial charge is 0.491 e. The quantitative estimate of drug-likeness (QED) is 0.247. The van der Waals surface area contributed by atoms with Crippen molar-refractivity contribution < 1.29 is 24.9 Å². The molecule has 1 atom stereocenters. The van der Waals surface area contributed by atoms with Crippen LogP contribution in [0.1, 0.15) is 102 Å². The normalized spacial score (nSPS) is 12.7. The Balaban J connectivity index is 0.00000334. The molecule has 0 saturated heterocycles. The van der Waals surface area contributed by atoms with Crippen LogP contribution in [-0.4, -0.2) is 39.6 Å². The van der Waals surface area contributed by atoms with Crippen molar-refractivity contribution in [2.75, 3.05) is 6.61 Å². The van der Waals surface area contributed by atoms with Crippen molar-refractivity contribution in [2.45, 2.75) is 104 Å². The number of carboxylic acids is 1. The second-order valence-corrected chi connectivity index (χ2v) is 9.43. The second-order valence-electron chi connectivity index (χ2n) is 9.43. The first-order valence-electron chi connectivity index (χ1n) is 13.8. The highest BCUT2D eigenvalue weighted by Crippen LogP contribution is 2.40. The van der Waals surface area contributed by atoms with Gasteiger partial charge in [0.25, 0.3) is 0 Å². The molecule has 0 bridgehead atoms. The molecular formula is C32H48O5. The highest BCUT2D eigenvalue weighted by atomic mass is 16.5. The molecule has 0 radical (unpaired) electrons. The molecule has 0 heterocycles. The van der Waals surface area contributed by atoms with Crippen LogP contribution in [0.5, 0.6) is 5.75 Å². The van der Waals surface area contributed by atoms with Crippen molar-refractivity contribution >= 4 is 12.0 Å². The zero-order valence-electron chi connectivity index (χ0n) is 23.9. The maximum atomic E-state index is 10.7. The van der Waals surface area contributed by atoms with Crippen molar-refractivity contribution in [1.29, 1.82) is 0 Å². The number of aliphatic hydroxyl groups excluding tert-OH is 1. The highest BCUT2D eigenvalue weighted by molar-refractivity contribution is 5.66.